The van der Waals surface area contributed by atoms with E-state index in [2.05, 4.69) is 0 Å². The maximum absolute atomic E-state index is 12.9. The average Bonchev–Trinajstić information content (AvgIpc) is 3.35. The van der Waals surface area contributed by atoms with Gasteiger partial charge in [-0.05, 0) is 35.4 Å². The summed E-state index contributed by atoms with van der Waals surface area (Å²) in [5.41, 5.74) is 1.44. The molecule has 0 amide bonds. The first-order chi connectivity index (χ1) is 15.8. The number of cyclic esters (lactones) is 1. The van der Waals surface area contributed by atoms with E-state index in [1.165, 1.54) is 28.1 Å². The quantitative estimate of drug-likeness (QED) is 0.478. The van der Waals surface area contributed by atoms with Crippen LogP contribution in [0.15, 0.2) is 36.4 Å². The fourth-order valence-corrected chi connectivity index (χ4v) is 4.33. The highest BCUT2D eigenvalue weighted by molar-refractivity contribution is 5.77. The zero-order chi connectivity index (χ0) is 23.7. The Kier molecular flexibility index (Phi) is 6.24. The SMILES string of the molecule is COc1cc([C@@H]2OC(=O)C3C2CO[C@H]3c2ccc(OC(C)=O)c(OC)c2)ccc1OC(C)=O. The van der Waals surface area contributed by atoms with E-state index in [0.717, 1.165) is 11.1 Å². The fraction of sp³-hybridized carbons (Fsp3) is 0.375. The lowest BCUT2D eigenvalue weighted by molar-refractivity contribution is -0.148. The second-order valence-electron chi connectivity index (χ2n) is 7.81. The Labute approximate surface area is 190 Å². The highest BCUT2D eigenvalue weighted by Gasteiger charge is 2.54. The Bertz CT molecular complexity index is 1030. The van der Waals surface area contributed by atoms with Crippen LogP contribution in [0.3, 0.4) is 0 Å². The van der Waals surface area contributed by atoms with Gasteiger partial charge in [-0.2, -0.15) is 0 Å². The van der Waals surface area contributed by atoms with Crippen molar-refractivity contribution in [1.82, 2.24) is 0 Å². The van der Waals surface area contributed by atoms with E-state index in [9.17, 15) is 14.4 Å². The molecule has 2 saturated heterocycles. The van der Waals surface area contributed by atoms with Gasteiger partial charge in [0.05, 0.1) is 32.8 Å². The van der Waals surface area contributed by atoms with Crippen LogP contribution >= 0.6 is 0 Å². The van der Waals surface area contributed by atoms with Gasteiger partial charge in [-0.1, -0.05) is 12.1 Å². The second kappa shape index (κ2) is 9.11. The van der Waals surface area contributed by atoms with Gasteiger partial charge in [0.2, 0.25) is 0 Å². The molecule has 2 aliphatic heterocycles. The number of carbonyl (C=O) groups excluding carboxylic acids is 3. The number of benzene rings is 2. The Morgan fingerprint density at radius 3 is 1.82 bits per heavy atom. The molecule has 2 heterocycles. The molecule has 0 radical (unpaired) electrons. The summed E-state index contributed by atoms with van der Waals surface area (Å²) in [6.45, 7) is 2.93. The third kappa shape index (κ3) is 4.36. The molecule has 2 fully saturated rings. The van der Waals surface area contributed by atoms with E-state index in [1.54, 1.807) is 36.4 Å². The van der Waals surface area contributed by atoms with Crippen molar-refractivity contribution >= 4 is 17.9 Å². The molecular weight excluding hydrogens is 432 g/mol. The summed E-state index contributed by atoms with van der Waals surface area (Å²) in [5.74, 6) is -0.716. The van der Waals surface area contributed by atoms with Gasteiger partial charge < -0.3 is 28.4 Å². The van der Waals surface area contributed by atoms with E-state index in [0.29, 0.717) is 18.1 Å². The van der Waals surface area contributed by atoms with Crippen LogP contribution in [-0.4, -0.2) is 38.7 Å². The van der Waals surface area contributed by atoms with Gasteiger partial charge in [0, 0.05) is 19.8 Å². The Morgan fingerprint density at radius 1 is 0.818 bits per heavy atom. The third-order valence-corrected chi connectivity index (χ3v) is 5.70. The van der Waals surface area contributed by atoms with E-state index in [4.69, 9.17) is 28.4 Å². The zero-order valence-corrected chi connectivity index (χ0v) is 18.7. The number of methoxy groups -OCH3 is 2. The van der Waals surface area contributed by atoms with Crippen molar-refractivity contribution in [1.29, 1.82) is 0 Å². The van der Waals surface area contributed by atoms with Gasteiger partial charge >= 0.3 is 17.9 Å². The summed E-state index contributed by atoms with van der Waals surface area (Å²) in [6.07, 6.45) is -1.06. The van der Waals surface area contributed by atoms with Crippen LogP contribution < -0.4 is 18.9 Å². The van der Waals surface area contributed by atoms with Crippen molar-refractivity contribution in [3.8, 4) is 23.0 Å². The molecule has 0 aliphatic carbocycles. The third-order valence-electron chi connectivity index (χ3n) is 5.70. The molecule has 174 valence electrons. The highest BCUT2D eigenvalue weighted by atomic mass is 16.6. The number of fused-ring (bicyclic) bond motifs is 1. The molecule has 2 aliphatic rings. The fourth-order valence-electron chi connectivity index (χ4n) is 4.33. The van der Waals surface area contributed by atoms with Gasteiger partial charge in [-0.15, -0.1) is 0 Å². The number of rotatable bonds is 6. The number of hydrogen-bond acceptors (Lipinski definition) is 9. The minimum absolute atomic E-state index is 0.217. The lowest BCUT2D eigenvalue weighted by atomic mass is 9.84. The molecule has 2 unspecified atom stereocenters. The molecule has 33 heavy (non-hydrogen) atoms. The van der Waals surface area contributed by atoms with Crippen LogP contribution in [0, 0.1) is 11.8 Å². The van der Waals surface area contributed by atoms with Crippen LogP contribution in [0.1, 0.15) is 37.2 Å². The molecule has 9 heteroatoms. The Morgan fingerprint density at radius 2 is 1.33 bits per heavy atom. The monoisotopic (exact) mass is 456 g/mol. The first-order valence-corrected chi connectivity index (χ1v) is 10.4. The minimum atomic E-state index is -0.532. The molecule has 2 aromatic rings. The van der Waals surface area contributed by atoms with Crippen molar-refractivity contribution in [2.45, 2.75) is 26.1 Å². The summed E-state index contributed by atoms with van der Waals surface area (Å²) in [5, 5.41) is 0. The van der Waals surface area contributed by atoms with Gasteiger partial charge in [-0.25, -0.2) is 0 Å². The molecule has 9 nitrogen and oxygen atoms in total. The molecule has 0 spiro atoms. The Balaban J connectivity index is 1.59. The van der Waals surface area contributed by atoms with E-state index in [-0.39, 0.29) is 23.4 Å². The predicted octanol–water partition coefficient (Wildman–Crippen LogP) is 3.16. The van der Waals surface area contributed by atoms with Crippen molar-refractivity contribution in [3.05, 3.63) is 47.5 Å². The van der Waals surface area contributed by atoms with E-state index >= 15 is 0 Å². The van der Waals surface area contributed by atoms with Crippen molar-refractivity contribution in [2.75, 3.05) is 20.8 Å². The van der Waals surface area contributed by atoms with Crippen LogP contribution in [0.2, 0.25) is 0 Å². The number of esters is 3. The molecule has 0 saturated carbocycles. The highest BCUT2D eigenvalue weighted by Crippen LogP contribution is 2.52. The number of ether oxygens (including phenoxy) is 6. The lowest BCUT2D eigenvalue weighted by Gasteiger charge is -2.17. The summed E-state index contributed by atoms with van der Waals surface area (Å²) in [7, 11) is 2.94. The van der Waals surface area contributed by atoms with Crippen LogP contribution in [0.25, 0.3) is 0 Å². The van der Waals surface area contributed by atoms with Gasteiger partial charge in [0.25, 0.3) is 0 Å². The minimum Gasteiger partial charge on any atom is -0.493 e. The molecular formula is C24H24O9. The zero-order valence-electron chi connectivity index (χ0n) is 18.7. The van der Waals surface area contributed by atoms with Gasteiger partial charge in [-0.3, -0.25) is 14.4 Å². The normalized spacial score (nSPS) is 23.5. The molecule has 0 bridgehead atoms. The maximum Gasteiger partial charge on any atom is 0.313 e. The Hall–Kier alpha value is -3.59. The summed E-state index contributed by atoms with van der Waals surface area (Å²) in [6, 6.07) is 10.1. The maximum atomic E-state index is 12.9. The smallest absolute Gasteiger partial charge is 0.313 e. The number of hydrogen-bond donors (Lipinski definition) is 0. The number of carbonyl (C=O) groups is 3. The molecule has 2 aromatic carbocycles. The van der Waals surface area contributed by atoms with Crippen LogP contribution in [-0.2, 0) is 23.9 Å². The van der Waals surface area contributed by atoms with Crippen molar-refractivity contribution in [2.24, 2.45) is 11.8 Å². The largest absolute Gasteiger partial charge is 0.493 e. The van der Waals surface area contributed by atoms with Crippen LogP contribution in [0.4, 0.5) is 0 Å². The van der Waals surface area contributed by atoms with E-state index < -0.39 is 30.1 Å². The molecule has 0 aromatic heterocycles. The van der Waals surface area contributed by atoms with Crippen molar-refractivity contribution < 1.29 is 42.8 Å². The first-order valence-electron chi connectivity index (χ1n) is 10.4. The van der Waals surface area contributed by atoms with Gasteiger partial charge in [0.1, 0.15) is 6.10 Å². The predicted molar refractivity (Wildman–Crippen MR) is 113 cm³/mol. The molecule has 0 N–H and O–H groups in total. The van der Waals surface area contributed by atoms with Gasteiger partial charge in [0.15, 0.2) is 23.0 Å². The average molecular weight is 456 g/mol. The summed E-state index contributed by atoms with van der Waals surface area (Å²) >= 11 is 0. The van der Waals surface area contributed by atoms with E-state index in [1.807, 2.05) is 0 Å². The summed E-state index contributed by atoms with van der Waals surface area (Å²) < 4.78 is 32.7. The standard InChI is InChI=1S/C24H24O9/c1-12(25)31-17-7-5-14(9-19(17)28-3)22-16-11-30-23(21(16)24(27)33-22)15-6-8-18(32-13(2)26)20(10-15)29-4/h5-10,16,21-23H,11H2,1-4H3/t16?,21?,22-,23-/m0/s1. The second-order valence-corrected chi connectivity index (χ2v) is 7.81. The molecule has 4 atom stereocenters. The van der Waals surface area contributed by atoms with Crippen molar-refractivity contribution in [3.63, 3.8) is 0 Å². The first kappa shape index (κ1) is 22.6. The summed E-state index contributed by atoms with van der Waals surface area (Å²) in [4.78, 5) is 35.5. The van der Waals surface area contributed by atoms with Crippen LogP contribution in [0.5, 0.6) is 23.0 Å². The molecule has 4 rings (SSSR count). The lowest BCUT2D eigenvalue weighted by Crippen LogP contribution is -2.18. The topological polar surface area (TPSA) is 107 Å².